The Bertz CT molecular complexity index is 598. The summed E-state index contributed by atoms with van der Waals surface area (Å²) in [5.41, 5.74) is 6.98. The van der Waals surface area contributed by atoms with Gasteiger partial charge in [0.15, 0.2) is 0 Å². The highest BCUT2D eigenvalue weighted by molar-refractivity contribution is 7.89. The van der Waals surface area contributed by atoms with Crippen LogP contribution in [0.15, 0.2) is 23.1 Å². The van der Waals surface area contributed by atoms with Gasteiger partial charge in [0.2, 0.25) is 10.0 Å². The van der Waals surface area contributed by atoms with Crippen molar-refractivity contribution >= 4 is 27.2 Å². The topological polar surface area (TPSA) is 81.4 Å². The second-order valence-electron chi connectivity index (χ2n) is 5.21. The zero-order valence-electron chi connectivity index (χ0n) is 12.5. The summed E-state index contributed by atoms with van der Waals surface area (Å²) in [6, 6.07) is 4.69. The van der Waals surface area contributed by atoms with Crippen molar-refractivity contribution < 1.29 is 13.2 Å². The highest BCUT2D eigenvalue weighted by Crippen LogP contribution is 2.15. The van der Waals surface area contributed by atoms with Gasteiger partial charge in [0, 0.05) is 18.7 Å². The molecule has 3 N–H and O–H groups in total. The van der Waals surface area contributed by atoms with Gasteiger partial charge in [0.1, 0.15) is 4.99 Å². The largest absolute Gasteiger partial charge is 0.389 e. The summed E-state index contributed by atoms with van der Waals surface area (Å²) in [6.07, 6.45) is 0. The van der Waals surface area contributed by atoms with Crippen molar-refractivity contribution in [3.05, 3.63) is 29.3 Å². The second kappa shape index (κ2) is 7.84. The lowest BCUT2D eigenvalue weighted by Crippen LogP contribution is -2.28. The van der Waals surface area contributed by atoms with Gasteiger partial charge < -0.3 is 10.5 Å². The van der Waals surface area contributed by atoms with Crippen molar-refractivity contribution in [2.75, 3.05) is 19.8 Å². The molecule has 0 saturated heterocycles. The van der Waals surface area contributed by atoms with E-state index in [1.165, 1.54) is 6.07 Å². The fraction of sp³-hybridized carbons (Fsp3) is 0.500. The number of hydrogen-bond donors (Lipinski definition) is 2. The molecule has 0 bridgehead atoms. The molecule has 0 saturated carbocycles. The Labute approximate surface area is 131 Å². The van der Waals surface area contributed by atoms with Crippen LogP contribution in [0.4, 0.5) is 0 Å². The van der Waals surface area contributed by atoms with Crippen LogP contribution in [0.3, 0.4) is 0 Å². The smallest absolute Gasteiger partial charge is 0.240 e. The van der Waals surface area contributed by atoms with E-state index in [0.29, 0.717) is 24.7 Å². The third kappa shape index (κ3) is 5.70. The molecule has 1 aromatic rings. The lowest BCUT2D eigenvalue weighted by Gasteiger charge is -2.10. The van der Waals surface area contributed by atoms with E-state index in [1.807, 2.05) is 13.8 Å². The van der Waals surface area contributed by atoms with Gasteiger partial charge in [-0.1, -0.05) is 32.1 Å². The Morgan fingerprint density at radius 3 is 2.62 bits per heavy atom. The summed E-state index contributed by atoms with van der Waals surface area (Å²) in [6.45, 7) is 7.06. The minimum atomic E-state index is -3.54. The van der Waals surface area contributed by atoms with E-state index >= 15 is 0 Å². The van der Waals surface area contributed by atoms with Gasteiger partial charge in [-0.2, -0.15) is 0 Å². The van der Waals surface area contributed by atoms with E-state index < -0.39 is 10.0 Å². The molecule has 21 heavy (non-hydrogen) atoms. The minimum absolute atomic E-state index is 0.198. The van der Waals surface area contributed by atoms with Crippen molar-refractivity contribution in [3.8, 4) is 0 Å². The highest BCUT2D eigenvalue weighted by atomic mass is 32.2. The average Bonchev–Trinajstić information content (AvgIpc) is 2.37. The van der Waals surface area contributed by atoms with Gasteiger partial charge >= 0.3 is 0 Å². The van der Waals surface area contributed by atoms with Gasteiger partial charge in [-0.05, 0) is 30.5 Å². The predicted octanol–water partition coefficient (Wildman–Crippen LogP) is 1.58. The zero-order chi connectivity index (χ0) is 16.0. The first-order valence-corrected chi connectivity index (χ1v) is 8.61. The van der Waals surface area contributed by atoms with Gasteiger partial charge in [-0.15, -0.1) is 0 Å². The number of hydrogen-bond acceptors (Lipinski definition) is 4. The predicted molar refractivity (Wildman–Crippen MR) is 87.9 cm³/mol. The van der Waals surface area contributed by atoms with Gasteiger partial charge in [-0.3, -0.25) is 0 Å². The van der Waals surface area contributed by atoms with Crippen LogP contribution in [0.25, 0.3) is 0 Å². The molecule has 0 unspecified atom stereocenters. The Kier molecular flexibility index (Phi) is 6.73. The summed E-state index contributed by atoms with van der Waals surface area (Å²) in [5, 5.41) is 0. The standard InChI is InChI=1S/C14H22N2O3S2/c1-10(2)9-19-7-6-16-21(17,18)12-4-5-13(14(15)20)11(3)8-12/h4-5,8,10,16H,6-7,9H2,1-3H3,(H2,15,20). The Balaban J connectivity index is 2.66. The summed E-state index contributed by atoms with van der Waals surface area (Å²) < 4.78 is 32.1. The molecule has 0 radical (unpaired) electrons. The summed E-state index contributed by atoms with van der Waals surface area (Å²) in [4.78, 5) is 0.454. The maximum atomic E-state index is 12.1. The number of thiocarbonyl (C=S) groups is 1. The number of rotatable bonds is 8. The van der Waals surface area contributed by atoms with Crippen LogP contribution in [-0.2, 0) is 14.8 Å². The summed E-state index contributed by atoms with van der Waals surface area (Å²) in [5.74, 6) is 0.428. The van der Waals surface area contributed by atoms with Crippen LogP contribution in [0.1, 0.15) is 25.0 Å². The van der Waals surface area contributed by atoms with Crippen LogP contribution in [-0.4, -0.2) is 33.2 Å². The van der Waals surface area contributed by atoms with Crippen LogP contribution < -0.4 is 10.5 Å². The van der Waals surface area contributed by atoms with Crippen molar-refractivity contribution in [2.24, 2.45) is 11.7 Å². The second-order valence-corrected chi connectivity index (χ2v) is 7.41. The van der Waals surface area contributed by atoms with E-state index in [-0.39, 0.29) is 16.4 Å². The number of nitrogens with one attached hydrogen (secondary N) is 1. The van der Waals surface area contributed by atoms with Gasteiger partial charge in [0.05, 0.1) is 11.5 Å². The quantitative estimate of drug-likeness (QED) is 0.559. The van der Waals surface area contributed by atoms with E-state index in [0.717, 1.165) is 5.56 Å². The van der Waals surface area contributed by atoms with E-state index in [1.54, 1.807) is 19.1 Å². The van der Waals surface area contributed by atoms with Crippen molar-refractivity contribution in [1.29, 1.82) is 0 Å². The molecule has 0 aromatic heterocycles. The lowest BCUT2D eigenvalue weighted by atomic mass is 10.1. The molecule has 0 amide bonds. The molecule has 0 aliphatic rings. The molecule has 0 spiro atoms. The first kappa shape index (κ1) is 18.0. The number of nitrogens with two attached hydrogens (primary N) is 1. The minimum Gasteiger partial charge on any atom is -0.389 e. The molecule has 1 rings (SSSR count). The SMILES string of the molecule is Cc1cc(S(=O)(=O)NCCOCC(C)C)ccc1C(N)=S. The third-order valence-electron chi connectivity index (χ3n) is 2.76. The molecule has 0 aliphatic carbocycles. The molecule has 0 fully saturated rings. The fourth-order valence-corrected chi connectivity index (χ4v) is 3.06. The van der Waals surface area contributed by atoms with Gasteiger partial charge in [-0.25, -0.2) is 13.1 Å². The number of benzene rings is 1. The average molecular weight is 330 g/mol. The third-order valence-corrected chi connectivity index (χ3v) is 4.44. The van der Waals surface area contributed by atoms with E-state index in [4.69, 9.17) is 22.7 Å². The first-order valence-electron chi connectivity index (χ1n) is 6.72. The molecule has 0 aliphatic heterocycles. The molecule has 118 valence electrons. The van der Waals surface area contributed by atoms with Crippen molar-refractivity contribution in [2.45, 2.75) is 25.7 Å². The molecule has 0 atom stereocenters. The Morgan fingerprint density at radius 2 is 2.10 bits per heavy atom. The Hall–Kier alpha value is -1.02. The Morgan fingerprint density at radius 1 is 1.43 bits per heavy atom. The van der Waals surface area contributed by atoms with E-state index in [2.05, 4.69) is 4.72 Å². The normalized spacial score (nSPS) is 11.8. The van der Waals surface area contributed by atoms with Gasteiger partial charge in [0.25, 0.3) is 0 Å². The van der Waals surface area contributed by atoms with E-state index in [9.17, 15) is 8.42 Å². The molecular weight excluding hydrogens is 308 g/mol. The van der Waals surface area contributed by atoms with Crippen LogP contribution in [0.2, 0.25) is 0 Å². The monoisotopic (exact) mass is 330 g/mol. The fourth-order valence-electron chi connectivity index (χ4n) is 1.73. The first-order chi connectivity index (χ1) is 9.74. The number of ether oxygens (including phenoxy) is 1. The maximum Gasteiger partial charge on any atom is 0.240 e. The maximum absolute atomic E-state index is 12.1. The number of sulfonamides is 1. The molecule has 0 heterocycles. The van der Waals surface area contributed by atoms with Crippen LogP contribution >= 0.6 is 12.2 Å². The van der Waals surface area contributed by atoms with Crippen LogP contribution in [0, 0.1) is 12.8 Å². The molecular formula is C14H22N2O3S2. The zero-order valence-corrected chi connectivity index (χ0v) is 14.2. The highest BCUT2D eigenvalue weighted by Gasteiger charge is 2.15. The lowest BCUT2D eigenvalue weighted by molar-refractivity contribution is 0.114. The summed E-state index contributed by atoms with van der Waals surface area (Å²) >= 11 is 4.90. The van der Waals surface area contributed by atoms with Crippen LogP contribution in [0.5, 0.6) is 0 Å². The molecule has 7 heteroatoms. The molecule has 5 nitrogen and oxygen atoms in total. The molecule has 1 aromatic carbocycles. The number of aryl methyl sites for hydroxylation is 1. The van der Waals surface area contributed by atoms with Crippen molar-refractivity contribution in [3.63, 3.8) is 0 Å². The van der Waals surface area contributed by atoms with Crippen molar-refractivity contribution in [1.82, 2.24) is 4.72 Å². The summed E-state index contributed by atoms with van der Waals surface area (Å²) in [7, 11) is -3.54.